The quantitative estimate of drug-likeness (QED) is 0.809. The van der Waals surface area contributed by atoms with Crippen molar-refractivity contribution in [2.24, 2.45) is 5.92 Å². The molecule has 90 valence electrons. The molecule has 0 radical (unpaired) electrons. The third-order valence-corrected chi connectivity index (χ3v) is 3.27. The lowest BCUT2D eigenvalue weighted by Crippen LogP contribution is -2.28. The van der Waals surface area contributed by atoms with Crippen LogP contribution in [0.15, 0.2) is 10.7 Å². The summed E-state index contributed by atoms with van der Waals surface area (Å²) in [6, 6.07) is 0. The molecule has 0 saturated carbocycles. The number of hydrogen-bond donors (Lipinski definition) is 2. The van der Waals surface area contributed by atoms with E-state index in [4.69, 9.17) is 9.52 Å². The van der Waals surface area contributed by atoms with E-state index < -0.39 is 0 Å². The standard InChI is InChI=1S/C12H20N2O2/c1-9(7-15)11-8-16-12(14-11)6-10-2-4-13-5-3-10/h8-10,13,15H,2-7H2,1H3. The molecule has 2 N–H and O–H groups in total. The molecule has 0 spiro atoms. The van der Waals surface area contributed by atoms with E-state index in [1.54, 1.807) is 6.26 Å². The summed E-state index contributed by atoms with van der Waals surface area (Å²) >= 11 is 0. The molecule has 4 heteroatoms. The van der Waals surface area contributed by atoms with Crippen molar-refractivity contribution in [3.8, 4) is 0 Å². The van der Waals surface area contributed by atoms with Crippen LogP contribution in [0.5, 0.6) is 0 Å². The monoisotopic (exact) mass is 224 g/mol. The molecule has 1 unspecified atom stereocenters. The maximum absolute atomic E-state index is 9.03. The molecule has 1 saturated heterocycles. The van der Waals surface area contributed by atoms with Crippen LogP contribution in [0.25, 0.3) is 0 Å². The van der Waals surface area contributed by atoms with Gasteiger partial charge in [-0.2, -0.15) is 0 Å². The summed E-state index contributed by atoms with van der Waals surface area (Å²) < 4.78 is 5.45. The third-order valence-electron chi connectivity index (χ3n) is 3.27. The number of aliphatic hydroxyl groups is 1. The molecule has 16 heavy (non-hydrogen) atoms. The van der Waals surface area contributed by atoms with Crippen LogP contribution in [-0.4, -0.2) is 29.8 Å². The Morgan fingerprint density at radius 1 is 1.56 bits per heavy atom. The number of nitrogens with one attached hydrogen (secondary N) is 1. The minimum atomic E-state index is 0.0746. The van der Waals surface area contributed by atoms with Crippen LogP contribution >= 0.6 is 0 Å². The first-order chi connectivity index (χ1) is 7.79. The zero-order chi connectivity index (χ0) is 11.4. The molecular formula is C12H20N2O2. The zero-order valence-corrected chi connectivity index (χ0v) is 9.78. The summed E-state index contributed by atoms with van der Waals surface area (Å²) in [6.45, 7) is 4.28. The summed E-state index contributed by atoms with van der Waals surface area (Å²) in [5.41, 5.74) is 0.867. The summed E-state index contributed by atoms with van der Waals surface area (Å²) in [4.78, 5) is 4.43. The highest BCUT2D eigenvalue weighted by molar-refractivity contribution is 5.03. The fourth-order valence-electron chi connectivity index (χ4n) is 2.07. The van der Waals surface area contributed by atoms with Gasteiger partial charge in [0.25, 0.3) is 0 Å². The van der Waals surface area contributed by atoms with Crippen LogP contribution in [0.2, 0.25) is 0 Å². The van der Waals surface area contributed by atoms with Gasteiger partial charge in [-0.25, -0.2) is 4.98 Å². The van der Waals surface area contributed by atoms with Crippen LogP contribution in [0.4, 0.5) is 0 Å². The Bertz CT molecular complexity index is 319. The van der Waals surface area contributed by atoms with Gasteiger partial charge in [-0.1, -0.05) is 6.92 Å². The topological polar surface area (TPSA) is 58.3 Å². The highest BCUT2D eigenvalue weighted by Gasteiger charge is 2.17. The number of nitrogens with zero attached hydrogens (tertiary/aromatic N) is 1. The van der Waals surface area contributed by atoms with Gasteiger partial charge in [-0.3, -0.25) is 0 Å². The Morgan fingerprint density at radius 2 is 2.31 bits per heavy atom. The minimum absolute atomic E-state index is 0.0746. The number of piperidine rings is 1. The number of rotatable bonds is 4. The van der Waals surface area contributed by atoms with Gasteiger partial charge in [0.2, 0.25) is 0 Å². The van der Waals surface area contributed by atoms with Crippen molar-refractivity contribution >= 4 is 0 Å². The van der Waals surface area contributed by atoms with Crippen LogP contribution in [0.3, 0.4) is 0 Å². The molecule has 4 nitrogen and oxygen atoms in total. The lowest BCUT2D eigenvalue weighted by atomic mass is 9.95. The number of aliphatic hydroxyl groups excluding tert-OH is 1. The van der Waals surface area contributed by atoms with E-state index in [2.05, 4.69) is 10.3 Å². The first kappa shape index (κ1) is 11.6. The Kier molecular flexibility index (Phi) is 3.96. The predicted molar refractivity (Wildman–Crippen MR) is 61.3 cm³/mol. The molecule has 2 rings (SSSR count). The smallest absolute Gasteiger partial charge is 0.194 e. The highest BCUT2D eigenvalue weighted by Crippen LogP contribution is 2.20. The van der Waals surface area contributed by atoms with Crippen molar-refractivity contribution in [2.75, 3.05) is 19.7 Å². The summed E-state index contributed by atoms with van der Waals surface area (Å²) in [5.74, 6) is 1.59. The Hall–Kier alpha value is -0.870. The Balaban J connectivity index is 1.91. The second-order valence-corrected chi connectivity index (χ2v) is 4.65. The van der Waals surface area contributed by atoms with E-state index in [-0.39, 0.29) is 12.5 Å². The van der Waals surface area contributed by atoms with Gasteiger partial charge in [0, 0.05) is 12.3 Å². The van der Waals surface area contributed by atoms with Gasteiger partial charge in [0.1, 0.15) is 6.26 Å². The normalized spacial score (nSPS) is 19.9. The van der Waals surface area contributed by atoms with Crippen molar-refractivity contribution in [2.45, 2.75) is 32.1 Å². The van der Waals surface area contributed by atoms with E-state index in [0.717, 1.165) is 31.1 Å². The second kappa shape index (κ2) is 5.46. The molecule has 2 heterocycles. The molecule has 1 atom stereocenters. The Morgan fingerprint density at radius 3 is 3.00 bits per heavy atom. The first-order valence-corrected chi connectivity index (χ1v) is 6.05. The average Bonchev–Trinajstić information content (AvgIpc) is 2.78. The van der Waals surface area contributed by atoms with E-state index in [9.17, 15) is 0 Å². The van der Waals surface area contributed by atoms with E-state index in [1.165, 1.54) is 12.8 Å². The summed E-state index contributed by atoms with van der Waals surface area (Å²) in [5, 5.41) is 12.4. The van der Waals surface area contributed by atoms with Crippen molar-refractivity contribution < 1.29 is 9.52 Å². The molecular weight excluding hydrogens is 204 g/mol. The molecule has 1 fully saturated rings. The number of hydrogen-bond acceptors (Lipinski definition) is 4. The van der Waals surface area contributed by atoms with Crippen molar-refractivity contribution in [3.05, 3.63) is 17.8 Å². The van der Waals surface area contributed by atoms with E-state index in [0.29, 0.717) is 5.92 Å². The molecule has 0 aliphatic carbocycles. The zero-order valence-electron chi connectivity index (χ0n) is 9.78. The second-order valence-electron chi connectivity index (χ2n) is 4.65. The fourth-order valence-corrected chi connectivity index (χ4v) is 2.07. The maximum Gasteiger partial charge on any atom is 0.194 e. The SMILES string of the molecule is CC(CO)c1coc(CC2CCNCC2)n1. The van der Waals surface area contributed by atoms with Gasteiger partial charge in [-0.15, -0.1) is 0 Å². The maximum atomic E-state index is 9.03. The number of aromatic nitrogens is 1. The van der Waals surface area contributed by atoms with Gasteiger partial charge >= 0.3 is 0 Å². The predicted octanol–water partition coefficient (Wildman–Crippen LogP) is 1.31. The average molecular weight is 224 g/mol. The fraction of sp³-hybridized carbons (Fsp3) is 0.750. The first-order valence-electron chi connectivity index (χ1n) is 6.05. The summed E-state index contributed by atoms with van der Waals surface area (Å²) in [6.07, 6.45) is 5.01. The van der Waals surface area contributed by atoms with Crippen LogP contribution in [-0.2, 0) is 6.42 Å². The van der Waals surface area contributed by atoms with Crippen LogP contribution in [0, 0.1) is 5.92 Å². The minimum Gasteiger partial charge on any atom is -0.449 e. The molecule has 1 aromatic heterocycles. The van der Waals surface area contributed by atoms with Crippen LogP contribution in [0.1, 0.15) is 37.3 Å². The lowest BCUT2D eigenvalue weighted by molar-refractivity contribution is 0.271. The van der Waals surface area contributed by atoms with Gasteiger partial charge in [0.05, 0.1) is 12.3 Å². The molecule has 1 aromatic rings. The largest absolute Gasteiger partial charge is 0.449 e. The van der Waals surface area contributed by atoms with Crippen molar-refractivity contribution in [1.82, 2.24) is 10.3 Å². The molecule has 0 bridgehead atoms. The van der Waals surface area contributed by atoms with E-state index in [1.807, 2.05) is 6.92 Å². The van der Waals surface area contributed by atoms with Gasteiger partial charge in [0.15, 0.2) is 5.89 Å². The summed E-state index contributed by atoms with van der Waals surface area (Å²) in [7, 11) is 0. The van der Waals surface area contributed by atoms with Gasteiger partial charge in [-0.05, 0) is 31.8 Å². The van der Waals surface area contributed by atoms with Crippen molar-refractivity contribution in [1.29, 1.82) is 0 Å². The number of oxazole rings is 1. The lowest BCUT2D eigenvalue weighted by Gasteiger charge is -2.20. The third kappa shape index (κ3) is 2.83. The molecule has 0 aromatic carbocycles. The molecule has 1 aliphatic heterocycles. The van der Waals surface area contributed by atoms with Crippen LogP contribution < -0.4 is 5.32 Å². The van der Waals surface area contributed by atoms with E-state index >= 15 is 0 Å². The highest BCUT2D eigenvalue weighted by atomic mass is 16.3. The van der Waals surface area contributed by atoms with Gasteiger partial charge < -0.3 is 14.8 Å². The Labute approximate surface area is 96.1 Å². The molecule has 0 amide bonds. The molecule has 1 aliphatic rings. The van der Waals surface area contributed by atoms with Crippen molar-refractivity contribution in [3.63, 3.8) is 0 Å².